The Morgan fingerprint density at radius 2 is 1.63 bits per heavy atom. The van der Waals surface area contributed by atoms with Crippen molar-refractivity contribution in [2.75, 3.05) is 0 Å². The molecule has 0 N–H and O–H groups in total. The quantitative estimate of drug-likeness (QED) is 0.411. The largest absolute Gasteiger partial charge is 0.455 e. The van der Waals surface area contributed by atoms with Gasteiger partial charge in [0.2, 0.25) is 5.82 Å². The van der Waals surface area contributed by atoms with Crippen molar-refractivity contribution in [2.45, 2.75) is 0 Å². The third kappa shape index (κ3) is 2.66. The van der Waals surface area contributed by atoms with Gasteiger partial charge in [-0.1, -0.05) is 54.6 Å². The molecular weight excluding hydrogens is 374 g/mol. The van der Waals surface area contributed by atoms with Gasteiger partial charge in [-0.05, 0) is 41.1 Å². The maximum absolute atomic E-state index is 6.19. The summed E-state index contributed by atoms with van der Waals surface area (Å²) in [5.41, 5.74) is 5.30. The normalized spacial score (nSPS) is 11.3. The fourth-order valence-electron chi connectivity index (χ4n) is 3.69. The molecule has 0 amide bonds. The minimum Gasteiger partial charge on any atom is -0.455 e. The maximum Gasteiger partial charge on any atom is 0.223 e. The SMILES string of the molecule is c1ccc(-c2nnn(-c3cccc(-c4cccc5c4oc4ccccc45)c3)n2)nc1. The summed E-state index contributed by atoms with van der Waals surface area (Å²) < 4.78 is 6.19. The number of nitrogens with zero attached hydrogens (tertiary/aromatic N) is 5. The molecule has 0 aliphatic rings. The lowest BCUT2D eigenvalue weighted by molar-refractivity contribution is 0.670. The third-order valence-electron chi connectivity index (χ3n) is 5.10. The highest BCUT2D eigenvalue weighted by Crippen LogP contribution is 2.36. The van der Waals surface area contributed by atoms with Crippen molar-refractivity contribution in [3.8, 4) is 28.3 Å². The molecule has 0 unspecified atom stereocenters. The molecule has 3 aromatic heterocycles. The number of para-hydroxylation sites is 2. The van der Waals surface area contributed by atoms with E-state index in [9.17, 15) is 0 Å². The topological polar surface area (TPSA) is 69.6 Å². The van der Waals surface area contributed by atoms with Gasteiger partial charge in [-0.3, -0.25) is 4.98 Å². The minimum absolute atomic E-state index is 0.486. The number of hydrogen-bond donors (Lipinski definition) is 0. The molecule has 0 atom stereocenters. The Labute approximate surface area is 171 Å². The molecule has 0 fully saturated rings. The fourth-order valence-corrected chi connectivity index (χ4v) is 3.69. The van der Waals surface area contributed by atoms with E-state index in [0.717, 1.165) is 38.8 Å². The van der Waals surface area contributed by atoms with Crippen molar-refractivity contribution in [2.24, 2.45) is 0 Å². The summed E-state index contributed by atoms with van der Waals surface area (Å²) in [6.07, 6.45) is 1.71. The van der Waals surface area contributed by atoms with Gasteiger partial charge in [-0.15, -0.1) is 15.0 Å². The van der Waals surface area contributed by atoms with E-state index in [0.29, 0.717) is 11.5 Å². The molecule has 0 bridgehead atoms. The van der Waals surface area contributed by atoms with Gasteiger partial charge in [0.25, 0.3) is 0 Å². The number of hydrogen-bond acceptors (Lipinski definition) is 5. The van der Waals surface area contributed by atoms with Crippen molar-refractivity contribution in [3.05, 3.63) is 91.1 Å². The maximum atomic E-state index is 6.19. The molecule has 30 heavy (non-hydrogen) atoms. The molecule has 0 radical (unpaired) electrons. The molecule has 6 aromatic rings. The second kappa shape index (κ2) is 6.63. The predicted octanol–water partition coefficient (Wildman–Crippen LogP) is 5.29. The van der Waals surface area contributed by atoms with Crippen LogP contribution in [0.4, 0.5) is 0 Å². The van der Waals surface area contributed by atoms with Gasteiger partial charge in [0.15, 0.2) is 0 Å². The van der Waals surface area contributed by atoms with Crippen LogP contribution in [0, 0.1) is 0 Å². The van der Waals surface area contributed by atoms with E-state index in [1.165, 1.54) is 4.80 Å². The molecule has 0 saturated heterocycles. The lowest BCUT2D eigenvalue weighted by atomic mass is 10.0. The summed E-state index contributed by atoms with van der Waals surface area (Å²) in [5.74, 6) is 0.486. The van der Waals surface area contributed by atoms with E-state index in [-0.39, 0.29) is 0 Å². The van der Waals surface area contributed by atoms with Crippen LogP contribution in [0.2, 0.25) is 0 Å². The van der Waals surface area contributed by atoms with E-state index in [2.05, 4.69) is 50.7 Å². The third-order valence-corrected chi connectivity index (χ3v) is 5.10. The van der Waals surface area contributed by atoms with Gasteiger partial charge in [-0.25, -0.2) is 0 Å². The summed E-state index contributed by atoms with van der Waals surface area (Å²) in [5, 5.41) is 15.1. The van der Waals surface area contributed by atoms with Crippen molar-refractivity contribution in [1.82, 2.24) is 25.2 Å². The zero-order chi connectivity index (χ0) is 19.9. The van der Waals surface area contributed by atoms with E-state index >= 15 is 0 Å². The van der Waals surface area contributed by atoms with Crippen LogP contribution in [-0.4, -0.2) is 25.2 Å². The van der Waals surface area contributed by atoms with Crippen LogP contribution < -0.4 is 0 Å². The first kappa shape index (κ1) is 16.6. The Balaban J connectivity index is 1.46. The fraction of sp³-hybridized carbons (Fsp3) is 0. The monoisotopic (exact) mass is 389 g/mol. The first-order valence-electron chi connectivity index (χ1n) is 9.59. The average Bonchev–Trinajstić information content (AvgIpc) is 3.45. The first-order valence-corrected chi connectivity index (χ1v) is 9.59. The molecule has 3 aromatic carbocycles. The van der Waals surface area contributed by atoms with Crippen LogP contribution in [0.5, 0.6) is 0 Å². The molecule has 0 aliphatic carbocycles. The van der Waals surface area contributed by atoms with E-state index < -0.39 is 0 Å². The van der Waals surface area contributed by atoms with Gasteiger partial charge in [-0.2, -0.15) is 0 Å². The number of aromatic nitrogens is 5. The lowest BCUT2D eigenvalue weighted by Gasteiger charge is -2.05. The molecule has 0 saturated carbocycles. The molecule has 0 aliphatic heterocycles. The summed E-state index contributed by atoms with van der Waals surface area (Å²) >= 11 is 0. The van der Waals surface area contributed by atoms with Crippen LogP contribution in [0.25, 0.3) is 50.3 Å². The van der Waals surface area contributed by atoms with E-state index in [4.69, 9.17) is 4.42 Å². The van der Waals surface area contributed by atoms with Gasteiger partial charge in [0, 0.05) is 22.5 Å². The number of benzene rings is 3. The van der Waals surface area contributed by atoms with Gasteiger partial charge >= 0.3 is 0 Å². The molecule has 0 spiro atoms. The van der Waals surface area contributed by atoms with Gasteiger partial charge < -0.3 is 4.42 Å². The minimum atomic E-state index is 0.486. The number of furan rings is 1. The van der Waals surface area contributed by atoms with Crippen molar-refractivity contribution < 1.29 is 4.42 Å². The van der Waals surface area contributed by atoms with Crippen LogP contribution in [0.1, 0.15) is 0 Å². The average molecular weight is 389 g/mol. The molecule has 6 heteroatoms. The second-order valence-corrected chi connectivity index (χ2v) is 6.95. The number of pyridine rings is 1. The first-order chi connectivity index (χ1) is 14.9. The standard InChI is InChI=1S/C24H15N5O/c1-2-13-22-19(9-1)20-11-6-10-18(23(20)30-22)16-7-5-8-17(15-16)29-27-24(26-28-29)21-12-3-4-14-25-21/h1-15H. The van der Waals surface area contributed by atoms with E-state index in [1.807, 2.05) is 54.6 Å². The van der Waals surface area contributed by atoms with Crippen molar-refractivity contribution in [1.29, 1.82) is 0 Å². The summed E-state index contributed by atoms with van der Waals surface area (Å²) in [6.45, 7) is 0. The van der Waals surface area contributed by atoms with Gasteiger partial charge in [0.05, 0.1) is 5.69 Å². The van der Waals surface area contributed by atoms with Crippen LogP contribution in [0.15, 0.2) is 95.5 Å². The smallest absolute Gasteiger partial charge is 0.223 e. The summed E-state index contributed by atoms with van der Waals surface area (Å²) in [4.78, 5) is 5.81. The Kier molecular flexibility index (Phi) is 3.67. The highest BCUT2D eigenvalue weighted by molar-refractivity contribution is 6.09. The Morgan fingerprint density at radius 3 is 2.57 bits per heavy atom. The number of rotatable bonds is 3. The molecule has 3 heterocycles. The second-order valence-electron chi connectivity index (χ2n) is 6.95. The molecular formula is C24H15N5O. The molecule has 6 nitrogen and oxygen atoms in total. The van der Waals surface area contributed by atoms with Crippen LogP contribution in [-0.2, 0) is 0 Å². The zero-order valence-corrected chi connectivity index (χ0v) is 15.8. The Hall–Kier alpha value is -4.32. The summed E-state index contributed by atoms with van der Waals surface area (Å²) in [6, 6.07) is 27.9. The zero-order valence-electron chi connectivity index (χ0n) is 15.8. The van der Waals surface area contributed by atoms with Gasteiger partial charge in [0.1, 0.15) is 16.9 Å². The highest BCUT2D eigenvalue weighted by atomic mass is 16.3. The summed E-state index contributed by atoms with van der Waals surface area (Å²) in [7, 11) is 0. The van der Waals surface area contributed by atoms with Crippen molar-refractivity contribution >= 4 is 21.9 Å². The van der Waals surface area contributed by atoms with Crippen LogP contribution >= 0.6 is 0 Å². The Bertz CT molecular complexity index is 1500. The number of fused-ring (bicyclic) bond motifs is 3. The van der Waals surface area contributed by atoms with Crippen molar-refractivity contribution in [3.63, 3.8) is 0 Å². The predicted molar refractivity (Wildman–Crippen MR) is 115 cm³/mol. The lowest BCUT2D eigenvalue weighted by Crippen LogP contribution is -1.99. The van der Waals surface area contributed by atoms with Crippen LogP contribution in [0.3, 0.4) is 0 Å². The Morgan fingerprint density at radius 1 is 0.767 bits per heavy atom. The molecule has 6 rings (SSSR count). The van der Waals surface area contributed by atoms with E-state index in [1.54, 1.807) is 6.20 Å². The molecule has 142 valence electrons. The highest BCUT2D eigenvalue weighted by Gasteiger charge is 2.13. The number of tetrazole rings is 1.